The maximum Gasteiger partial charge on any atom is 0.282 e. The van der Waals surface area contributed by atoms with Crippen molar-refractivity contribution in [3.63, 3.8) is 0 Å². The number of nitrogens with one attached hydrogen (secondary N) is 3. The fourth-order valence-electron chi connectivity index (χ4n) is 1.82. The molecule has 0 saturated heterocycles. The number of aromatic nitrogens is 2. The van der Waals surface area contributed by atoms with E-state index in [2.05, 4.69) is 32.7 Å². The molecular weight excluding hydrogens is 298 g/mol. The van der Waals surface area contributed by atoms with Gasteiger partial charge in [-0.3, -0.25) is 15.0 Å². The second-order valence-electron chi connectivity index (χ2n) is 4.84. The highest BCUT2D eigenvalue weighted by Crippen LogP contribution is 2.08. The van der Waals surface area contributed by atoms with E-state index in [0.717, 1.165) is 25.7 Å². The van der Waals surface area contributed by atoms with Crippen LogP contribution in [-0.2, 0) is 4.79 Å². The Bertz CT molecular complexity index is 601. The predicted molar refractivity (Wildman–Crippen MR) is 85.5 cm³/mol. The molecule has 5 N–H and O–H groups in total. The van der Waals surface area contributed by atoms with Gasteiger partial charge in [-0.2, -0.15) is 10.4 Å². The van der Waals surface area contributed by atoms with Crippen molar-refractivity contribution in [1.29, 1.82) is 5.26 Å². The Balaban J connectivity index is 2.48. The summed E-state index contributed by atoms with van der Waals surface area (Å²) in [7, 11) is 0. The summed E-state index contributed by atoms with van der Waals surface area (Å²) in [6.45, 7) is 2.62. The molecule has 1 aromatic rings. The molecule has 9 heteroatoms. The average molecular weight is 319 g/mol. The summed E-state index contributed by atoms with van der Waals surface area (Å²) in [5.41, 5.74) is 7.18. The molecule has 2 amide bonds. The van der Waals surface area contributed by atoms with Gasteiger partial charge in [-0.1, -0.05) is 32.6 Å². The van der Waals surface area contributed by atoms with E-state index in [9.17, 15) is 9.59 Å². The largest absolute Gasteiger partial charge is 0.364 e. The normalized spacial score (nSPS) is 10.9. The predicted octanol–water partition coefficient (Wildman–Crippen LogP) is 0.887. The van der Waals surface area contributed by atoms with E-state index >= 15 is 0 Å². The van der Waals surface area contributed by atoms with Gasteiger partial charge in [0.15, 0.2) is 5.82 Å². The van der Waals surface area contributed by atoms with Crippen molar-refractivity contribution in [2.45, 2.75) is 39.0 Å². The van der Waals surface area contributed by atoms with Gasteiger partial charge < -0.3 is 16.0 Å². The topological polar surface area (TPSA) is 149 Å². The first kappa shape index (κ1) is 18.2. The van der Waals surface area contributed by atoms with E-state index in [1.807, 2.05) is 0 Å². The number of hydrogen-bond acceptors (Lipinski definition) is 6. The second-order valence-corrected chi connectivity index (χ2v) is 4.84. The number of anilines is 1. The molecule has 1 rings (SSSR count). The number of nitrogens with zero attached hydrogens (tertiary/aromatic N) is 3. The number of H-pyrrole nitrogens is 1. The summed E-state index contributed by atoms with van der Waals surface area (Å²) >= 11 is 0. The third-order valence-electron chi connectivity index (χ3n) is 3.05. The summed E-state index contributed by atoms with van der Waals surface area (Å²) in [5, 5.41) is 15.3. The molecule has 0 atom stereocenters. The van der Waals surface area contributed by atoms with E-state index in [0.29, 0.717) is 6.54 Å². The molecular formula is C14H21N7O2. The highest BCUT2D eigenvalue weighted by molar-refractivity contribution is 6.45. The SMILES string of the molecule is CCCCCCCNC(=O)/C(C#N)=N/Nc1nc[nH]c1C(N)=O. The quantitative estimate of drug-likeness (QED) is 0.287. The minimum atomic E-state index is -0.727. The van der Waals surface area contributed by atoms with E-state index in [4.69, 9.17) is 11.0 Å². The lowest BCUT2D eigenvalue weighted by atomic mass is 10.1. The minimum Gasteiger partial charge on any atom is -0.364 e. The zero-order valence-electron chi connectivity index (χ0n) is 13.1. The maximum absolute atomic E-state index is 11.8. The molecule has 9 nitrogen and oxygen atoms in total. The van der Waals surface area contributed by atoms with Gasteiger partial charge in [0.05, 0.1) is 6.33 Å². The summed E-state index contributed by atoms with van der Waals surface area (Å²) in [5.74, 6) is -1.25. The second kappa shape index (κ2) is 9.94. The Morgan fingerprint density at radius 3 is 2.78 bits per heavy atom. The van der Waals surface area contributed by atoms with Gasteiger partial charge in [0.25, 0.3) is 11.8 Å². The number of hydrazone groups is 1. The lowest BCUT2D eigenvalue weighted by Crippen LogP contribution is -2.31. The number of carbonyl (C=O) groups excluding carboxylic acids is 2. The Morgan fingerprint density at radius 1 is 1.39 bits per heavy atom. The minimum absolute atomic E-state index is 0.0161. The lowest BCUT2D eigenvalue weighted by Gasteiger charge is -2.04. The number of imidazole rings is 1. The van der Waals surface area contributed by atoms with Crippen molar-refractivity contribution in [2.24, 2.45) is 10.8 Å². The zero-order chi connectivity index (χ0) is 17.1. The van der Waals surface area contributed by atoms with Crippen LogP contribution >= 0.6 is 0 Å². The number of aromatic amines is 1. The first-order chi connectivity index (χ1) is 11.1. The molecule has 0 saturated carbocycles. The Hall–Kier alpha value is -2.89. The van der Waals surface area contributed by atoms with Crippen LogP contribution in [0.4, 0.5) is 5.82 Å². The van der Waals surface area contributed by atoms with Gasteiger partial charge in [-0.15, -0.1) is 0 Å². The molecule has 0 fully saturated rings. The number of unbranched alkanes of at least 4 members (excludes halogenated alkanes) is 4. The van der Waals surface area contributed by atoms with Crippen LogP contribution in [0.5, 0.6) is 0 Å². The summed E-state index contributed by atoms with van der Waals surface area (Å²) in [4.78, 5) is 29.2. The van der Waals surface area contributed by atoms with E-state index in [-0.39, 0.29) is 17.2 Å². The van der Waals surface area contributed by atoms with Gasteiger partial charge in [0.1, 0.15) is 11.8 Å². The lowest BCUT2D eigenvalue weighted by molar-refractivity contribution is -0.114. The molecule has 1 heterocycles. The summed E-state index contributed by atoms with van der Waals surface area (Å²) in [6.07, 6.45) is 6.59. The van der Waals surface area contributed by atoms with Crippen molar-refractivity contribution in [3.05, 3.63) is 12.0 Å². The number of hydrogen-bond donors (Lipinski definition) is 4. The zero-order valence-corrected chi connectivity index (χ0v) is 13.1. The number of primary amides is 1. The molecule has 23 heavy (non-hydrogen) atoms. The van der Waals surface area contributed by atoms with Gasteiger partial charge in [0, 0.05) is 6.54 Å². The number of rotatable bonds is 10. The third-order valence-corrected chi connectivity index (χ3v) is 3.05. The van der Waals surface area contributed by atoms with Crippen LogP contribution in [0.2, 0.25) is 0 Å². The fourth-order valence-corrected chi connectivity index (χ4v) is 1.82. The van der Waals surface area contributed by atoms with Crippen molar-refractivity contribution in [1.82, 2.24) is 15.3 Å². The number of nitrogens with two attached hydrogens (primary N) is 1. The molecule has 0 aromatic carbocycles. The molecule has 124 valence electrons. The summed E-state index contributed by atoms with van der Waals surface area (Å²) < 4.78 is 0. The van der Waals surface area contributed by atoms with Crippen molar-refractivity contribution in [2.75, 3.05) is 12.0 Å². The number of carbonyl (C=O) groups is 2. The third kappa shape index (κ3) is 6.17. The molecule has 1 aromatic heterocycles. The van der Waals surface area contributed by atoms with Gasteiger partial charge >= 0.3 is 0 Å². The smallest absolute Gasteiger partial charge is 0.282 e. The standard InChI is InChI=1S/C14H21N7O2/c1-2-3-4-5-6-7-17-14(23)10(8-15)20-21-13-11(12(16)22)18-9-19-13/h9,21H,2-7H2,1H3,(H2,16,22)(H,17,23)(H,18,19)/b20-10+. The number of amides is 2. The highest BCUT2D eigenvalue weighted by Gasteiger charge is 2.13. The Morgan fingerprint density at radius 2 is 2.13 bits per heavy atom. The van der Waals surface area contributed by atoms with Gasteiger partial charge in [0.2, 0.25) is 5.71 Å². The first-order valence-corrected chi connectivity index (χ1v) is 7.45. The summed E-state index contributed by atoms with van der Waals surface area (Å²) in [6, 6.07) is 1.70. The molecule has 0 radical (unpaired) electrons. The van der Waals surface area contributed by atoms with Crippen LogP contribution in [0.15, 0.2) is 11.4 Å². The monoisotopic (exact) mass is 319 g/mol. The van der Waals surface area contributed by atoms with Crippen LogP contribution in [0.3, 0.4) is 0 Å². The molecule has 0 bridgehead atoms. The van der Waals surface area contributed by atoms with Crippen LogP contribution < -0.4 is 16.5 Å². The number of nitriles is 1. The van der Waals surface area contributed by atoms with Crippen LogP contribution in [0, 0.1) is 11.3 Å². The van der Waals surface area contributed by atoms with Crippen molar-refractivity contribution >= 4 is 23.3 Å². The van der Waals surface area contributed by atoms with Crippen LogP contribution in [0.25, 0.3) is 0 Å². The van der Waals surface area contributed by atoms with Crippen molar-refractivity contribution in [3.8, 4) is 6.07 Å². The highest BCUT2D eigenvalue weighted by atomic mass is 16.2. The van der Waals surface area contributed by atoms with E-state index in [1.54, 1.807) is 6.07 Å². The van der Waals surface area contributed by atoms with E-state index in [1.165, 1.54) is 12.7 Å². The molecule has 0 aliphatic carbocycles. The van der Waals surface area contributed by atoms with Crippen LogP contribution in [-0.4, -0.2) is 34.0 Å². The molecule has 0 aliphatic rings. The molecule has 0 aliphatic heterocycles. The maximum atomic E-state index is 11.8. The fraction of sp³-hybridized carbons (Fsp3) is 0.500. The van der Waals surface area contributed by atoms with Crippen LogP contribution in [0.1, 0.15) is 49.5 Å². The first-order valence-electron chi connectivity index (χ1n) is 7.45. The van der Waals surface area contributed by atoms with E-state index < -0.39 is 11.8 Å². The van der Waals surface area contributed by atoms with Gasteiger partial charge in [-0.05, 0) is 6.42 Å². The molecule has 0 spiro atoms. The Kier molecular flexibility index (Phi) is 7.85. The molecule has 0 unspecified atom stereocenters. The van der Waals surface area contributed by atoms with Crippen molar-refractivity contribution < 1.29 is 9.59 Å². The van der Waals surface area contributed by atoms with Gasteiger partial charge in [-0.25, -0.2) is 4.98 Å². The average Bonchev–Trinajstić information content (AvgIpc) is 3.00. The Labute approximate surface area is 134 Å².